The number of aromatic nitrogens is 2. The second-order valence-electron chi connectivity index (χ2n) is 6.02. The first-order chi connectivity index (χ1) is 11.5. The zero-order valence-electron chi connectivity index (χ0n) is 13.4. The van der Waals surface area contributed by atoms with Gasteiger partial charge < -0.3 is 9.40 Å². The fourth-order valence-corrected chi connectivity index (χ4v) is 2.64. The number of hydroxylamine groups is 2. The zero-order chi connectivity index (χ0) is 17.3. The van der Waals surface area contributed by atoms with E-state index in [1.54, 1.807) is 29.1 Å². The number of benzene rings is 1. The van der Waals surface area contributed by atoms with Crippen LogP contribution in [0.3, 0.4) is 0 Å². The third-order valence-corrected chi connectivity index (χ3v) is 3.79. The van der Waals surface area contributed by atoms with E-state index in [-0.39, 0.29) is 17.0 Å². The zero-order valence-corrected chi connectivity index (χ0v) is 13.4. The van der Waals surface area contributed by atoms with Gasteiger partial charge in [-0.05, 0) is 24.5 Å². The van der Waals surface area contributed by atoms with Crippen molar-refractivity contribution in [2.45, 2.75) is 26.3 Å². The Hall–Kier alpha value is -2.96. The van der Waals surface area contributed by atoms with Crippen molar-refractivity contribution in [3.63, 3.8) is 0 Å². The van der Waals surface area contributed by atoms with E-state index in [4.69, 9.17) is 4.84 Å². The highest BCUT2D eigenvalue weighted by atomic mass is 16.7. The fourth-order valence-electron chi connectivity index (χ4n) is 2.64. The van der Waals surface area contributed by atoms with Gasteiger partial charge in [-0.15, -0.1) is 0 Å². The summed E-state index contributed by atoms with van der Waals surface area (Å²) >= 11 is 0. The third-order valence-electron chi connectivity index (χ3n) is 3.79. The number of hydrogen-bond acceptors (Lipinski definition) is 5. The Balaban J connectivity index is 1.81. The average molecular weight is 327 g/mol. The normalized spacial score (nSPS) is 14.9. The van der Waals surface area contributed by atoms with Gasteiger partial charge in [-0.1, -0.05) is 31.0 Å². The van der Waals surface area contributed by atoms with Crippen LogP contribution < -0.4 is 0 Å². The number of imide groups is 1. The number of imidazole rings is 1. The lowest BCUT2D eigenvalue weighted by molar-refractivity contribution is -0.173. The molecule has 0 spiro atoms. The monoisotopic (exact) mass is 327 g/mol. The average Bonchev–Trinajstić information content (AvgIpc) is 3.16. The maximum absolute atomic E-state index is 12.6. The molecule has 0 aliphatic carbocycles. The lowest BCUT2D eigenvalue weighted by atomic mass is 10.0. The van der Waals surface area contributed by atoms with Crippen LogP contribution in [0, 0.1) is 5.92 Å². The van der Waals surface area contributed by atoms with Crippen molar-refractivity contribution in [2.24, 2.45) is 5.92 Å². The second kappa shape index (κ2) is 6.27. The van der Waals surface area contributed by atoms with Crippen LogP contribution in [0.1, 0.15) is 47.0 Å². The highest BCUT2D eigenvalue weighted by molar-refractivity contribution is 6.20. The van der Waals surface area contributed by atoms with Crippen LogP contribution in [0.25, 0.3) is 0 Å². The van der Waals surface area contributed by atoms with Gasteiger partial charge in [0.15, 0.2) is 0 Å². The summed E-state index contributed by atoms with van der Waals surface area (Å²) in [6, 6.07) is 5.72. The molecule has 1 aromatic carbocycles. The first-order valence-electron chi connectivity index (χ1n) is 7.66. The van der Waals surface area contributed by atoms with Crippen molar-refractivity contribution in [3.8, 4) is 0 Å². The van der Waals surface area contributed by atoms with Crippen LogP contribution in [-0.4, -0.2) is 32.4 Å². The van der Waals surface area contributed by atoms with E-state index < -0.39 is 23.8 Å². The molecule has 2 amide bonds. The maximum Gasteiger partial charge on any atom is 0.355 e. The molecule has 1 aliphatic rings. The quantitative estimate of drug-likeness (QED) is 0.787. The molecule has 7 nitrogen and oxygen atoms in total. The fraction of sp³-hybridized carbons (Fsp3) is 0.294. The molecule has 0 fully saturated rings. The summed E-state index contributed by atoms with van der Waals surface area (Å²) < 4.78 is 1.61. The lowest BCUT2D eigenvalue weighted by Crippen LogP contribution is -2.36. The molecule has 2 aromatic rings. The van der Waals surface area contributed by atoms with E-state index in [0.29, 0.717) is 11.5 Å². The number of carbonyl (C=O) groups is 3. The number of nitrogens with zero attached hydrogens (tertiary/aromatic N) is 3. The Bertz CT molecular complexity index is 748. The molecule has 2 heterocycles. The molecule has 1 aliphatic heterocycles. The van der Waals surface area contributed by atoms with Crippen molar-refractivity contribution in [3.05, 3.63) is 54.1 Å². The van der Waals surface area contributed by atoms with Gasteiger partial charge in [0.05, 0.1) is 17.5 Å². The summed E-state index contributed by atoms with van der Waals surface area (Å²) in [5.41, 5.74) is 0.469. The minimum absolute atomic E-state index is 0.215. The van der Waals surface area contributed by atoms with Crippen molar-refractivity contribution >= 4 is 17.8 Å². The Morgan fingerprint density at radius 2 is 1.79 bits per heavy atom. The number of amides is 2. The molecule has 24 heavy (non-hydrogen) atoms. The van der Waals surface area contributed by atoms with Gasteiger partial charge in [-0.3, -0.25) is 9.59 Å². The largest absolute Gasteiger partial charge is 0.355 e. The summed E-state index contributed by atoms with van der Waals surface area (Å²) in [6.07, 6.45) is 5.22. The minimum atomic E-state index is -0.670. The van der Waals surface area contributed by atoms with Gasteiger partial charge in [-0.2, -0.15) is 0 Å². The smallest absolute Gasteiger partial charge is 0.327 e. The van der Waals surface area contributed by atoms with Gasteiger partial charge in [-0.25, -0.2) is 9.78 Å². The third kappa shape index (κ3) is 2.80. The van der Waals surface area contributed by atoms with Crippen LogP contribution in [0.2, 0.25) is 0 Å². The molecular weight excluding hydrogens is 310 g/mol. The van der Waals surface area contributed by atoms with Crippen LogP contribution in [0.4, 0.5) is 0 Å². The van der Waals surface area contributed by atoms with Crippen LogP contribution in [0.15, 0.2) is 43.0 Å². The van der Waals surface area contributed by atoms with E-state index in [9.17, 15) is 14.4 Å². The number of carbonyl (C=O) groups excluding carboxylic acids is 3. The number of hydrogen-bond donors (Lipinski definition) is 0. The standard InChI is InChI=1S/C17H17N3O4/c1-11(2)9-14(19-8-7-18-10-19)17(23)24-20-15(21)12-5-3-4-6-13(12)16(20)22/h3-8,10-11,14H,9H2,1-2H3. The van der Waals surface area contributed by atoms with E-state index in [0.717, 1.165) is 0 Å². The number of rotatable bonds is 5. The molecule has 0 radical (unpaired) electrons. The van der Waals surface area contributed by atoms with Crippen molar-refractivity contribution < 1.29 is 19.2 Å². The topological polar surface area (TPSA) is 81.5 Å². The van der Waals surface area contributed by atoms with E-state index in [1.807, 2.05) is 13.8 Å². The first-order valence-corrected chi connectivity index (χ1v) is 7.66. The lowest BCUT2D eigenvalue weighted by Gasteiger charge is -2.21. The Morgan fingerprint density at radius 1 is 1.17 bits per heavy atom. The molecule has 1 aromatic heterocycles. The van der Waals surface area contributed by atoms with Gasteiger partial charge in [0.2, 0.25) is 0 Å². The Labute approximate surface area is 138 Å². The molecule has 0 saturated carbocycles. The van der Waals surface area contributed by atoms with E-state index in [2.05, 4.69) is 4.98 Å². The highest BCUT2D eigenvalue weighted by Gasteiger charge is 2.40. The van der Waals surface area contributed by atoms with Crippen molar-refractivity contribution in [1.29, 1.82) is 0 Å². The molecule has 3 rings (SSSR count). The molecule has 0 bridgehead atoms. The van der Waals surface area contributed by atoms with Gasteiger partial charge in [0.25, 0.3) is 11.8 Å². The summed E-state index contributed by atoms with van der Waals surface area (Å²) in [5, 5.41) is 0.539. The summed E-state index contributed by atoms with van der Waals surface area (Å²) in [6.45, 7) is 3.94. The predicted molar refractivity (Wildman–Crippen MR) is 83.8 cm³/mol. The molecular formula is C17H17N3O4. The highest BCUT2D eigenvalue weighted by Crippen LogP contribution is 2.25. The molecule has 0 saturated heterocycles. The van der Waals surface area contributed by atoms with Crippen molar-refractivity contribution in [2.75, 3.05) is 0 Å². The summed E-state index contributed by atoms with van der Waals surface area (Å²) in [5.74, 6) is -1.71. The van der Waals surface area contributed by atoms with Gasteiger partial charge >= 0.3 is 5.97 Å². The van der Waals surface area contributed by atoms with Gasteiger partial charge in [0, 0.05) is 12.4 Å². The molecule has 7 heteroatoms. The molecule has 124 valence electrons. The Kier molecular flexibility index (Phi) is 4.16. The first kappa shape index (κ1) is 15.9. The van der Waals surface area contributed by atoms with Crippen molar-refractivity contribution in [1.82, 2.24) is 14.6 Å². The maximum atomic E-state index is 12.6. The molecule has 1 atom stereocenters. The molecule has 1 unspecified atom stereocenters. The number of fused-ring (bicyclic) bond motifs is 1. The molecule has 0 N–H and O–H groups in total. The van der Waals surface area contributed by atoms with Gasteiger partial charge in [0.1, 0.15) is 6.04 Å². The van der Waals surface area contributed by atoms with Crippen LogP contribution in [-0.2, 0) is 9.63 Å². The van der Waals surface area contributed by atoms with Crippen LogP contribution >= 0.6 is 0 Å². The van der Waals surface area contributed by atoms with Crippen LogP contribution in [0.5, 0.6) is 0 Å². The predicted octanol–water partition coefficient (Wildman–Crippen LogP) is 2.22. The second-order valence-corrected chi connectivity index (χ2v) is 6.02. The SMILES string of the molecule is CC(C)CC(C(=O)ON1C(=O)c2ccccc2C1=O)n1ccnc1. The summed E-state index contributed by atoms with van der Waals surface area (Å²) in [4.78, 5) is 46.2. The minimum Gasteiger partial charge on any atom is -0.327 e. The van der Waals surface area contributed by atoms with E-state index >= 15 is 0 Å². The summed E-state index contributed by atoms with van der Waals surface area (Å²) in [7, 11) is 0. The Morgan fingerprint density at radius 3 is 2.29 bits per heavy atom. The van der Waals surface area contributed by atoms with E-state index in [1.165, 1.54) is 18.5 Å².